The van der Waals surface area contributed by atoms with Crippen molar-refractivity contribution in [2.75, 3.05) is 0 Å². The van der Waals surface area contributed by atoms with Gasteiger partial charge in [0.25, 0.3) is 5.24 Å². The first-order chi connectivity index (χ1) is 6.55. The Morgan fingerprint density at radius 3 is 2.36 bits per heavy atom. The topological polar surface area (TPSA) is 70.2 Å². The number of hydrogen-bond donors (Lipinski definition) is 3. The molecule has 0 saturated heterocycles. The first kappa shape index (κ1) is 9.83. The molecule has 0 heterocycles. The molecule has 0 atom stereocenters. The lowest BCUT2D eigenvalue weighted by atomic mass is 9.92. The highest BCUT2D eigenvalue weighted by Crippen LogP contribution is 2.51. The average Bonchev–Trinajstić information content (AvgIpc) is 2.61. The van der Waals surface area contributed by atoms with Gasteiger partial charge in [0, 0.05) is 0 Å². The Kier molecular flexibility index (Phi) is 2.21. The van der Waals surface area contributed by atoms with Gasteiger partial charge in [-0.25, -0.2) is 0 Å². The molecule has 2 aliphatic carbocycles. The number of rotatable bonds is 1. The molecule has 0 unspecified atom stereocenters. The number of amides is 1. The van der Waals surface area contributed by atoms with Crippen molar-refractivity contribution in [2.45, 2.75) is 37.6 Å². The van der Waals surface area contributed by atoms with Crippen LogP contribution in [0.3, 0.4) is 0 Å². The van der Waals surface area contributed by atoms with Crippen molar-refractivity contribution in [2.24, 2.45) is 11.7 Å². The third kappa shape index (κ3) is 1.30. The second kappa shape index (κ2) is 3.15. The van der Waals surface area contributed by atoms with Gasteiger partial charge < -0.3 is 5.73 Å². The van der Waals surface area contributed by atoms with Crippen LogP contribution in [0.5, 0.6) is 0 Å². The molecule has 2 aliphatic rings. The van der Waals surface area contributed by atoms with Gasteiger partial charge in [0.05, 0.1) is 5.54 Å². The Morgan fingerprint density at radius 2 is 2.07 bits per heavy atom. The minimum Gasteiger partial charge on any atom is -0.370 e. The third-order valence-electron chi connectivity index (χ3n) is 3.61. The number of fused-ring (bicyclic) bond motifs is 2. The van der Waals surface area contributed by atoms with E-state index in [9.17, 15) is 4.79 Å². The Balaban J connectivity index is 2.26. The molecule has 2 bridgehead atoms. The van der Waals surface area contributed by atoms with Crippen LogP contribution in [0.25, 0.3) is 0 Å². The van der Waals surface area contributed by atoms with Gasteiger partial charge in [0.2, 0.25) is 0 Å². The van der Waals surface area contributed by atoms with Crippen molar-refractivity contribution >= 4 is 23.8 Å². The first-order valence-electron chi connectivity index (χ1n) is 4.92. The molecule has 0 aromatic heterocycles. The predicted molar refractivity (Wildman–Crippen MR) is 57.4 cm³/mol. The monoisotopic (exact) mass is 213 g/mol. The zero-order chi connectivity index (χ0) is 10.3. The van der Waals surface area contributed by atoms with Crippen LogP contribution < -0.4 is 5.73 Å². The maximum Gasteiger partial charge on any atom is 0.285 e. The summed E-state index contributed by atoms with van der Waals surface area (Å²) in [4.78, 5) is 12.7. The lowest BCUT2D eigenvalue weighted by Crippen LogP contribution is -2.53. The van der Waals surface area contributed by atoms with Crippen LogP contribution >= 0.6 is 12.6 Å². The minimum atomic E-state index is -0.389. The van der Waals surface area contributed by atoms with Gasteiger partial charge in [-0.2, -0.15) is 0 Å². The number of carbonyl (C=O) groups excluding carboxylic acids is 1. The smallest absolute Gasteiger partial charge is 0.285 e. The van der Waals surface area contributed by atoms with Gasteiger partial charge in [-0.15, -0.1) is 0 Å². The van der Waals surface area contributed by atoms with Crippen LogP contribution in [-0.2, 0) is 0 Å². The number of hydrogen-bond acceptors (Lipinski definition) is 2. The van der Waals surface area contributed by atoms with Gasteiger partial charge in [-0.3, -0.25) is 15.1 Å². The molecule has 0 aromatic rings. The van der Waals surface area contributed by atoms with Crippen LogP contribution in [0.15, 0.2) is 0 Å². The summed E-state index contributed by atoms with van der Waals surface area (Å²) in [7, 11) is 0. The molecular formula is C9H15N3OS. The molecule has 5 heteroatoms. The molecule has 2 rings (SSSR count). The van der Waals surface area contributed by atoms with Crippen LogP contribution in [0.4, 0.5) is 4.79 Å². The predicted octanol–water partition coefficient (Wildman–Crippen LogP) is 1.56. The van der Waals surface area contributed by atoms with E-state index in [0.29, 0.717) is 0 Å². The number of thiol groups is 1. The number of carbonyl (C=O) groups is 1. The van der Waals surface area contributed by atoms with Crippen molar-refractivity contribution in [3.8, 4) is 0 Å². The molecule has 4 nitrogen and oxygen atoms in total. The fourth-order valence-electron chi connectivity index (χ4n) is 3.04. The van der Waals surface area contributed by atoms with E-state index in [1.165, 1.54) is 4.90 Å². The highest BCUT2D eigenvalue weighted by Gasteiger charge is 2.50. The lowest BCUT2D eigenvalue weighted by Gasteiger charge is -2.37. The van der Waals surface area contributed by atoms with E-state index in [4.69, 9.17) is 11.1 Å². The van der Waals surface area contributed by atoms with Crippen LogP contribution in [0.1, 0.15) is 32.1 Å². The van der Waals surface area contributed by atoms with Gasteiger partial charge in [-0.1, -0.05) is 12.6 Å². The summed E-state index contributed by atoms with van der Waals surface area (Å²) in [5, 5.41) is 7.04. The summed E-state index contributed by atoms with van der Waals surface area (Å²) < 4.78 is 0. The quantitative estimate of drug-likeness (QED) is 0.351. The van der Waals surface area contributed by atoms with E-state index in [2.05, 4.69) is 12.6 Å². The molecule has 2 saturated carbocycles. The zero-order valence-corrected chi connectivity index (χ0v) is 8.89. The molecule has 0 aromatic carbocycles. The Morgan fingerprint density at radius 1 is 1.50 bits per heavy atom. The summed E-state index contributed by atoms with van der Waals surface area (Å²) in [6, 6.07) is 0. The maximum absolute atomic E-state index is 11.3. The first-order valence-corrected chi connectivity index (χ1v) is 5.37. The van der Waals surface area contributed by atoms with E-state index in [1.807, 2.05) is 0 Å². The third-order valence-corrected chi connectivity index (χ3v) is 3.81. The van der Waals surface area contributed by atoms with Gasteiger partial charge >= 0.3 is 0 Å². The number of nitrogens with two attached hydrogens (primary N) is 1. The van der Waals surface area contributed by atoms with E-state index in [0.717, 1.165) is 38.0 Å². The highest BCUT2D eigenvalue weighted by atomic mass is 32.1. The van der Waals surface area contributed by atoms with E-state index < -0.39 is 0 Å². The van der Waals surface area contributed by atoms with Crippen molar-refractivity contribution in [1.29, 1.82) is 5.41 Å². The number of nitrogens with zero attached hydrogens (tertiary/aromatic N) is 1. The summed E-state index contributed by atoms with van der Waals surface area (Å²) in [6.07, 6.45) is 5.27. The fraction of sp³-hybridized carbons (Fsp3) is 0.778. The molecule has 0 spiro atoms. The van der Waals surface area contributed by atoms with E-state index >= 15 is 0 Å². The molecule has 78 valence electrons. The summed E-state index contributed by atoms with van der Waals surface area (Å²) >= 11 is 3.80. The highest BCUT2D eigenvalue weighted by molar-refractivity contribution is 7.96. The van der Waals surface area contributed by atoms with Crippen molar-refractivity contribution < 1.29 is 4.79 Å². The average molecular weight is 213 g/mol. The normalized spacial score (nSPS) is 34.5. The van der Waals surface area contributed by atoms with Crippen LogP contribution in [0, 0.1) is 11.3 Å². The Hall–Kier alpha value is -0.710. The minimum absolute atomic E-state index is 0.160. The summed E-state index contributed by atoms with van der Waals surface area (Å²) in [6.45, 7) is 0. The van der Waals surface area contributed by atoms with E-state index in [-0.39, 0.29) is 16.7 Å². The lowest BCUT2D eigenvalue weighted by molar-refractivity contribution is 0.188. The van der Waals surface area contributed by atoms with Crippen LogP contribution in [-0.4, -0.2) is 21.6 Å². The maximum atomic E-state index is 11.3. The SMILES string of the molecule is N=C(N)N(C(=O)S)C12CCC(CC1)C2. The number of nitrogens with one attached hydrogen (secondary N) is 1. The molecule has 0 aliphatic heterocycles. The largest absolute Gasteiger partial charge is 0.370 e. The Bertz CT molecular complexity index is 270. The molecule has 1 amide bonds. The molecule has 14 heavy (non-hydrogen) atoms. The van der Waals surface area contributed by atoms with Crippen molar-refractivity contribution in [1.82, 2.24) is 4.90 Å². The Labute approximate surface area is 88.7 Å². The summed E-state index contributed by atoms with van der Waals surface area (Å²) in [5.41, 5.74) is 5.26. The van der Waals surface area contributed by atoms with Crippen molar-refractivity contribution in [3.63, 3.8) is 0 Å². The number of guanidine groups is 1. The second-order valence-electron chi connectivity index (χ2n) is 4.38. The molecule has 3 N–H and O–H groups in total. The molecule has 2 fully saturated rings. The second-order valence-corrected chi connectivity index (χ2v) is 4.76. The molecular weight excluding hydrogens is 198 g/mol. The van der Waals surface area contributed by atoms with Gasteiger partial charge in [0.15, 0.2) is 5.96 Å². The van der Waals surface area contributed by atoms with E-state index in [1.54, 1.807) is 0 Å². The standard InChI is InChI=1S/C9H15N3OS/c10-7(11)12(8(13)14)9-3-1-6(5-9)2-4-9/h6H,1-5H2,(H3,10,11)(H,13,14). The van der Waals surface area contributed by atoms with Crippen molar-refractivity contribution in [3.05, 3.63) is 0 Å². The van der Waals surface area contributed by atoms with Gasteiger partial charge in [0.1, 0.15) is 0 Å². The fourth-order valence-corrected chi connectivity index (χ4v) is 3.36. The summed E-state index contributed by atoms with van der Waals surface area (Å²) in [5.74, 6) is 0.567. The molecule has 0 radical (unpaired) electrons. The zero-order valence-electron chi connectivity index (χ0n) is 7.99. The van der Waals surface area contributed by atoms with Crippen LogP contribution in [0.2, 0.25) is 0 Å². The van der Waals surface area contributed by atoms with Gasteiger partial charge in [-0.05, 0) is 38.0 Å².